The maximum Gasteiger partial charge on any atom is 0.375 e. The molecule has 0 rings (SSSR count). The minimum Gasteiger partial charge on any atom is -0.480 e. The fourth-order valence-electron chi connectivity index (χ4n) is 1.59. The van der Waals surface area contributed by atoms with Crippen molar-refractivity contribution in [3.63, 3.8) is 0 Å². The minimum absolute atomic E-state index is 0.0151. The zero-order chi connectivity index (χ0) is 15.2. The van der Waals surface area contributed by atoms with E-state index in [2.05, 4.69) is 0 Å². The zero-order valence-corrected chi connectivity index (χ0v) is 12.1. The normalized spacial score (nSPS) is 13.8. The molecule has 0 aliphatic rings. The summed E-state index contributed by atoms with van der Waals surface area (Å²) in [5, 5.41) is 20.3. The Kier molecular flexibility index (Phi) is 7.00. The van der Waals surface area contributed by atoms with Gasteiger partial charge in [-0.15, -0.1) is 0 Å². The second-order valence-electron chi connectivity index (χ2n) is 5.18. The van der Waals surface area contributed by atoms with Crippen LogP contribution in [-0.4, -0.2) is 42.0 Å². The summed E-state index contributed by atoms with van der Waals surface area (Å²) in [7, 11) is 0. The van der Waals surface area contributed by atoms with Crippen molar-refractivity contribution in [3.05, 3.63) is 0 Å². The number of carbonyl (C=O) groups excluding carboxylic acids is 1. The summed E-state index contributed by atoms with van der Waals surface area (Å²) in [6.07, 6.45) is -1.14. The van der Waals surface area contributed by atoms with Crippen LogP contribution in [0.15, 0.2) is 0 Å². The number of carboxylic acid groups (broad SMARTS) is 1. The van der Waals surface area contributed by atoms with Gasteiger partial charge in [-0.1, -0.05) is 0 Å². The van der Waals surface area contributed by atoms with E-state index in [0.717, 1.165) is 6.92 Å². The predicted molar refractivity (Wildman–Crippen MR) is 67.2 cm³/mol. The van der Waals surface area contributed by atoms with E-state index in [-0.39, 0.29) is 25.2 Å². The number of hydrogen-bond acceptors (Lipinski definition) is 4. The maximum atomic E-state index is 11.2. The molecule has 0 aromatic heterocycles. The average Bonchev–Trinajstić information content (AvgIpc) is 2.24. The Morgan fingerprint density at radius 3 is 2.00 bits per heavy atom. The molecule has 0 amide bonds. The van der Waals surface area contributed by atoms with Crippen LogP contribution in [0.2, 0.25) is 0 Å². The van der Waals surface area contributed by atoms with Crippen molar-refractivity contribution in [2.45, 2.75) is 59.4 Å². The summed E-state index contributed by atoms with van der Waals surface area (Å²) < 4.78 is 10.8. The molecule has 0 spiro atoms. The molecular weight excluding hydrogens is 252 g/mol. The van der Waals surface area contributed by atoms with E-state index in [1.807, 2.05) is 13.8 Å². The van der Waals surface area contributed by atoms with E-state index in [4.69, 9.17) is 14.6 Å². The van der Waals surface area contributed by atoms with Gasteiger partial charge in [0.05, 0.1) is 18.3 Å². The van der Waals surface area contributed by atoms with E-state index in [9.17, 15) is 14.7 Å². The number of aliphatic carboxylic acids is 1. The quantitative estimate of drug-likeness (QED) is 0.646. The third-order valence-corrected chi connectivity index (χ3v) is 2.78. The zero-order valence-electron chi connectivity index (χ0n) is 12.1. The van der Waals surface area contributed by atoms with Crippen molar-refractivity contribution in [2.24, 2.45) is 5.41 Å². The van der Waals surface area contributed by atoms with E-state index in [1.54, 1.807) is 13.8 Å². The SMILES string of the molecule is CC(C)OCCC(OC(C)C)C(C)(C([O])=O)C(=O)O. The van der Waals surface area contributed by atoms with E-state index in [1.165, 1.54) is 0 Å². The van der Waals surface area contributed by atoms with Crippen molar-refractivity contribution in [2.75, 3.05) is 6.61 Å². The van der Waals surface area contributed by atoms with E-state index >= 15 is 0 Å². The summed E-state index contributed by atoms with van der Waals surface area (Å²) in [6.45, 7) is 8.45. The van der Waals surface area contributed by atoms with Gasteiger partial charge in [0.2, 0.25) is 0 Å². The van der Waals surface area contributed by atoms with Crippen molar-refractivity contribution in [1.29, 1.82) is 0 Å². The lowest BCUT2D eigenvalue weighted by molar-refractivity contribution is -0.183. The van der Waals surface area contributed by atoms with Crippen LogP contribution >= 0.6 is 0 Å². The molecule has 111 valence electrons. The highest BCUT2D eigenvalue weighted by molar-refractivity contribution is 5.98. The number of ether oxygens (including phenoxy) is 2. The molecule has 1 N–H and O–H groups in total. The largest absolute Gasteiger partial charge is 0.480 e. The highest BCUT2D eigenvalue weighted by Gasteiger charge is 2.51. The van der Waals surface area contributed by atoms with E-state index < -0.39 is 23.5 Å². The third kappa shape index (κ3) is 5.16. The molecule has 6 heteroatoms. The second kappa shape index (κ2) is 7.45. The first kappa shape index (κ1) is 17.9. The van der Waals surface area contributed by atoms with Crippen molar-refractivity contribution in [1.82, 2.24) is 0 Å². The van der Waals surface area contributed by atoms with Gasteiger partial charge in [-0.2, -0.15) is 0 Å². The minimum atomic E-state index is -2.09. The Balaban J connectivity index is 4.98. The Hall–Kier alpha value is -1.14. The first-order valence-corrected chi connectivity index (χ1v) is 6.34. The molecule has 0 saturated carbocycles. The maximum absolute atomic E-state index is 11.2. The van der Waals surface area contributed by atoms with Gasteiger partial charge in [0, 0.05) is 6.61 Å². The number of carboxylic acids is 1. The molecule has 2 unspecified atom stereocenters. The molecule has 2 atom stereocenters. The summed E-state index contributed by atoms with van der Waals surface area (Å²) in [5.74, 6) is -3.13. The second-order valence-corrected chi connectivity index (χ2v) is 5.18. The molecule has 0 aliphatic carbocycles. The number of hydrogen-bond donors (Lipinski definition) is 1. The topological polar surface area (TPSA) is 92.7 Å². The molecule has 0 aliphatic heterocycles. The highest BCUT2D eigenvalue weighted by Crippen LogP contribution is 2.29. The van der Waals surface area contributed by atoms with Crippen LogP contribution in [0.3, 0.4) is 0 Å². The molecule has 0 heterocycles. The molecule has 0 fully saturated rings. The van der Waals surface area contributed by atoms with Crippen LogP contribution in [0, 0.1) is 5.41 Å². The van der Waals surface area contributed by atoms with Crippen molar-refractivity contribution >= 4 is 11.9 Å². The molecule has 6 nitrogen and oxygen atoms in total. The van der Waals surface area contributed by atoms with Gasteiger partial charge in [-0.25, -0.2) is 9.90 Å². The van der Waals surface area contributed by atoms with E-state index in [0.29, 0.717) is 0 Å². The Morgan fingerprint density at radius 2 is 1.68 bits per heavy atom. The molecule has 0 saturated heterocycles. The van der Waals surface area contributed by atoms with Crippen LogP contribution in [0.5, 0.6) is 0 Å². The van der Waals surface area contributed by atoms with Gasteiger partial charge < -0.3 is 14.6 Å². The van der Waals surface area contributed by atoms with Gasteiger partial charge in [-0.3, -0.25) is 4.79 Å². The molecule has 19 heavy (non-hydrogen) atoms. The smallest absolute Gasteiger partial charge is 0.375 e. The lowest BCUT2D eigenvalue weighted by Gasteiger charge is -2.31. The summed E-state index contributed by atoms with van der Waals surface area (Å²) in [6, 6.07) is 0. The lowest BCUT2D eigenvalue weighted by Crippen LogP contribution is -2.48. The highest BCUT2D eigenvalue weighted by atomic mass is 16.5. The van der Waals surface area contributed by atoms with Gasteiger partial charge in [0.1, 0.15) is 0 Å². The van der Waals surface area contributed by atoms with Gasteiger partial charge in [-0.05, 0) is 41.0 Å². The fraction of sp³-hybridized carbons (Fsp3) is 0.846. The summed E-state index contributed by atoms with van der Waals surface area (Å²) in [4.78, 5) is 22.4. The van der Waals surface area contributed by atoms with Gasteiger partial charge >= 0.3 is 11.9 Å². The molecule has 0 aromatic rings. The summed E-state index contributed by atoms with van der Waals surface area (Å²) >= 11 is 0. The van der Waals surface area contributed by atoms with Crippen LogP contribution in [0.25, 0.3) is 0 Å². The Morgan fingerprint density at radius 1 is 1.16 bits per heavy atom. The van der Waals surface area contributed by atoms with Crippen LogP contribution in [0.4, 0.5) is 0 Å². The van der Waals surface area contributed by atoms with Crippen LogP contribution < -0.4 is 0 Å². The monoisotopic (exact) mass is 275 g/mol. The lowest BCUT2D eigenvalue weighted by atomic mass is 9.82. The summed E-state index contributed by atoms with van der Waals surface area (Å²) in [5.41, 5.74) is -2.09. The predicted octanol–water partition coefficient (Wildman–Crippen LogP) is 1.64. The Bertz CT molecular complexity index is 296. The van der Waals surface area contributed by atoms with Crippen LogP contribution in [0.1, 0.15) is 41.0 Å². The standard InChI is InChI=1S/C13H23O6/c1-8(2)18-7-6-10(19-9(3)4)13(5,11(14)15)12(16)17/h8-10H,6-7H2,1-5H3,(H,14,15). The first-order chi connectivity index (χ1) is 8.62. The Labute approximate surface area is 113 Å². The fourth-order valence-corrected chi connectivity index (χ4v) is 1.59. The third-order valence-electron chi connectivity index (χ3n) is 2.78. The molecule has 1 radical (unpaired) electrons. The molecule has 0 bridgehead atoms. The van der Waals surface area contributed by atoms with Crippen molar-refractivity contribution < 1.29 is 29.3 Å². The first-order valence-electron chi connectivity index (χ1n) is 6.34. The molecular formula is C13H23O6. The average molecular weight is 275 g/mol. The van der Waals surface area contributed by atoms with Gasteiger partial charge in [0.15, 0.2) is 5.41 Å². The van der Waals surface area contributed by atoms with Gasteiger partial charge in [0.25, 0.3) is 0 Å². The molecule has 0 aromatic carbocycles. The van der Waals surface area contributed by atoms with Crippen LogP contribution in [-0.2, 0) is 24.2 Å². The van der Waals surface area contributed by atoms with Crippen molar-refractivity contribution in [3.8, 4) is 0 Å². The number of rotatable bonds is 9. The number of carbonyl (C=O) groups is 2.